The lowest BCUT2D eigenvalue weighted by molar-refractivity contribution is -0.154. The minimum atomic E-state index is -1.20. The van der Waals surface area contributed by atoms with Gasteiger partial charge in [-0.15, -0.1) is 0 Å². The predicted molar refractivity (Wildman–Crippen MR) is 184 cm³/mol. The summed E-state index contributed by atoms with van der Waals surface area (Å²) in [5.41, 5.74) is 5.09. The number of carboxylic acids is 1. The number of aromatic hydroxyl groups is 1. The van der Waals surface area contributed by atoms with E-state index in [1.54, 1.807) is 12.1 Å². The topological polar surface area (TPSA) is 110 Å². The molecule has 0 saturated heterocycles. The Hall–Kier alpha value is -4.13. The van der Waals surface area contributed by atoms with E-state index >= 15 is 0 Å². The zero-order chi connectivity index (χ0) is 34.4. The monoisotopic (exact) mass is 644 g/mol. The highest BCUT2D eigenvalue weighted by molar-refractivity contribution is 5.90. The highest BCUT2D eigenvalue weighted by Gasteiger charge is 2.18. The van der Waals surface area contributed by atoms with E-state index in [1.165, 1.54) is 16.7 Å². The van der Waals surface area contributed by atoms with Crippen LogP contribution in [0.1, 0.15) is 132 Å². The molecular weight excluding hydrogens is 592 g/mol. The van der Waals surface area contributed by atoms with Gasteiger partial charge in [0, 0.05) is 0 Å². The van der Waals surface area contributed by atoms with Crippen molar-refractivity contribution in [3.05, 3.63) is 101 Å². The molecule has 0 aliphatic heterocycles. The normalized spacial score (nSPS) is 13.4. The fraction of sp³-hybridized carbons (Fsp3) is 0.475. The number of carbonyl (C=O) groups is 3. The molecule has 3 aromatic rings. The van der Waals surface area contributed by atoms with E-state index in [-0.39, 0.29) is 24.7 Å². The average molecular weight is 645 g/mol. The number of rotatable bonds is 18. The molecule has 0 aliphatic rings. The maximum absolute atomic E-state index is 12.2. The molecule has 0 spiro atoms. The van der Waals surface area contributed by atoms with Crippen molar-refractivity contribution in [2.75, 3.05) is 0 Å². The van der Waals surface area contributed by atoms with Gasteiger partial charge < -0.3 is 19.7 Å². The Morgan fingerprint density at radius 2 is 1.21 bits per heavy atom. The van der Waals surface area contributed by atoms with E-state index in [0.29, 0.717) is 17.8 Å². The summed E-state index contributed by atoms with van der Waals surface area (Å²) >= 11 is 0. The van der Waals surface area contributed by atoms with Crippen LogP contribution in [0, 0.1) is 0 Å². The third kappa shape index (κ3) is 13.6. The molecular formula is C40H52O7. The van der Waals surface area contributed by atoms with Crippen LogP contribution in [0.15, 0.2) is 72.8 Å². The van der Waals surface area contributed by atoms with Crippen LogP contribution in [-0.4, -0.2) is 33.7 Å². The molecule has 3 rings (SSSR count). The summed E-state index contributed by atoms with van der Waals surface area (Å²) in [7, 11) is 0. The third-order valence-corrected chi connectivity index (χ3v) is 8.62. The van der Waals surface area contributed by atoms with Crippen LogP contribution in [-0.2, 0) is 36.9 Å². The molecule has 0 fully saturated rings. The number of aliphatic carboxylic acids is 1. The first-order valence-corrected chi connectivity index (χ1v) is 16.9. The van der Waals surface area contributed by atoms with Crippen molar-refractivity contribution in [3.8, 4) is 5.75 Å². The number of phenols is 1. The average Bonchev–Trinajstić information content (AvgIpc) is 3.01. The second kappa shape index (κ2) is 18.3. The van der Waals surface area contributed by atoms with Crippen molar-refractivity contribution in [1.82, 2.24) is 0 Å². The molecule has 0 aromatic heterocycles. The number of carboxylic acid groups (broad SMARTS) is 1. The van der Waals surface area contributed by atoms with E-state index in [1.807, 2.05) is 57.2 Å². The number of benzene rings is 3. The van der Waals surface area contributed by atoms with Gasteiger partial charge in [-0.25, -0.2) is 0 Å². The molecule has 0 aliphatic carbocycles. The highest BCUT2D eigenvalue weighted by Crippen LogP contribution is 2.34. The first kappa shape index (κ1) is 37.3. The van der Waals surface area contributed by atoms with Crippen molar-refractivity contribution in [2.24, 2.45) is 0 Å². The van der Waals surface area contributed by atoms with Gasteiger partial charge in [0.25, 0.3) is 0 Å². The largest absolute Gasteiger partial charge is 0.508 e. The Bertz CT molecular complexity index is 1400. The number of esters is 2. The van der Waals surface area contributed by atoms with Gasteiger partial charge >= 0.3 is 17.9 Å². The number of phenolic OH excluding ortho intramolecular Hbond substituents is 1. The molecule has 254 valence electrons. The maximum atomic E-state index is 12.2. The number of carbonyl (C=O) groups excluding carboxylic acids is 2. The van der Waals surface area contributed by atoms with E-state index < -0.39 is 24.0 Å². The molecule has 3 aromatic carbocycles. The van der Waals surface area contributed by atoms with E-state index in [2.05, 4.69) is 38.1 Å². The smallest absolute Gasteiger partial charge is 0.317 e. The Kier molecular flexibility index (Phi) is 14.5. The van der Waals surface area contributed by atoms with E-state index in [9.17, 15) is 19.5 Å². The molecule has 47 heavy (non-hydrogen) atoms. The predicted octanol–water partition coefficient (Wildman–Crippen LogP) is 9.22. The van der Waals surface area contributed by atoms with Crippen LogP contribution in [0.25, 0.3) is 0 Å². The lowest BCUT2D eigenvalue weighted by atomic mass is 9.84. The van der Waals surface area contributed by atoms with Gasteiger partial charge in [-0.05, 0) is 111 Å². The van der Waals surface area contributed by atoms with Gasteiger partial charge in [-0.1, -0.05) is 87.4 Å². The summed E-state index contributed by atoms with van der Waals surface area (Å²) in [4.78, 5) is 34.4. The van der Waals surface area contributed by atoms with Gasteiger partial charge in [-0.3, -0.25) is 14.4 Å². The molecule has 3 unspecified atom stereocenters. The molecule has 0 bridgehead atoms. The summed E-state index contributed by atoms with van der Waals surface area (Å²) in [5, 5.41) is 18.6. The van der Waals surface area contributed by atoms with Crippen molar-refractivity contribution in [3.63, 3.8) is 0 Å². The molecule has 0 radical (unpaired) electrons. The first-order valence-electron chi connectivity index (χ1n) is 16.9. The Morgan fingerprint density at radius 3 is 1.79 bits per heavy atom. The zero-order valence-corrected chi connectivity index (χ0v) is 28.7. The second-order valence-corrected chi connectivity index (χ2v) is 13.6. The molecule has 7 nitrogen and oxygen atoms in total. The minimum absolute atomic E-state index is 0.0629. The Balaban J connectivity index is 1.52. The second-order valence-electron chi connectivity index (χ2n) is 13.6. The molecule has 0 saturated carbocycles. The van der Waals surface area contributed by atoms with Crippen molar-refractivity contribution < 1.29 is 34.1 Å². The maximum Gasteiger partial charge on any atom is 0.317 e. The molecule has 3 atom stereocenters. The fourth-order valence-corrected chi connectivity index (χ4v) is 6.01. The summed E-state index contributed by atoms with van der Waals surface area (Å²) in [5.74, 6) is -0.648. The fourth-order valence-electron chi connectivity index (χ4n) is 6.01. The van der Waals surface area contributed by atoms with Gasteiger partial charge in [0.2, 0.25) is 0 Å². The van der Waals surface area contributed by atoms with Crippen LogP contribution < -0.4 is 0 Å². The van der Waals surface area contributed by atoms with E-state index in [4.69, 9.17) is 14.6 Å². The molecule has 0 amide bonds. The van der Waals surface area contributed by atoms with Crippen LogP contribution in [0.2, 0.25) is 0 Å². The Labute approximate surface area is 280 Å². The van der Waals surface area contributed by atoms with Gasteiger partial charge in [0.05, 0.1) is 6.42 Å². The van der Waals surface area contributed by atoms with Crippen LogP contribution in [0.5, 0.6) is 5.75 Å². The van der Waals surface area contributed by atoms with Crippen LogP contribution >= 0.6 is 0 Å². The molecule has 7 heteroatoms. The SMILES string of the molecule is CCC(CCCC(CCCC(C)c1ccc(COC(=O)CC(=O)O)cc1)c1ccc(O)cc1)c1ccc(CC(=O)OC(C)(C)C)cc1. The summed E-state index contributed by atoms with van der Waals surface area (Å²) in [6.07, 6.45) is 7.11. The number of hydrogen-bond donors (Lipinski definition) is 2. The van der Waals surface area contributed by atoms with Crippen LogP contribution in [0.4, 0.5) is 0 Å². The number of ether oxygens (including phenoxy) is 2. The van der Waals surface area contributed by atoms with Crippen molar-refractivity contribution in [2.45, 2.75) is 122 Å². The zero-order valence-electron chi connectivity index (χ0n) is 28.7. The van der Waals surface area contributed by atoms with Gasteiger partial charge in [0.1, 0.15) is 24.4 Å². The lowest BCUT2D eigenvalue weighted by Gasteiger charge is -2.21. The summed E-state index contributed by atoms with van der Waals surface area (Å²) < 4.78 is 10.5. The summed E-state index contributed by atoms with van der Waals surface area (Å²) in [6.45, 7) is 10.2. The van der Waals surface area contributed by atoms with Gasteiger partial charge in [0.15, 0.2) is 0 Å². The van der Waals surface area contributed by atoms with Crippen molar-refractivity contribution in [1.29, 1.82) is 0 Å². The van der Waals surface area contributed by atoms with Gasteiger partial charge in [-0.2, -0.15) is 0 Å². The molecule has 2 N–H and O–H groups in total. The summed E-state index contributed by atoms with van der Waals surface area (Å²) in [6, 6.07) is 24.0. The number of hydrogen-bond acceptors (Lipinski definition) is 6. The first-order chi connectivity index (χ1) is 22.3. The van der Waals surface area contributed by atoms with Crippen LogP contribution in [0.3, 0.4) is 0 Å². The van der Waals surface area contributed by atoms with Crippen molar-refractivity contribution >= 4 is 17.9 Å². The Morgan fingerprint density at radius 1 is 0.702 bits per heavy atom. The highest BCUT2D eigenvalue weighted by atomic mass is 16.6. The standard InChI is InChI=1S/C40H52O7/c1-6-31(34-19-13-29(14-20-34)25-39(45)47-40(3,4)5)10-8-12-33(35-21-23-36(41)24-22-35)11-7-9-28(2)32-17-15-30(16-18-32)27-46-38(44)26-37(42)43/h13-24,28,31,33,41H,6-12,25-27H2,1-5H3,(H,42,43). The lowest BCUT2D eigenvalue weighted by Crippen LogP contribution is -2.24. The minimum Gasteiger partial charge on any atom is -0.508 e. The van der Waals surface area contributed by atoms with E-state index in [0.717, 1.165) is 56.1 Å². The molecule has 0 heterocycles. The third-order valence-electron chi connectivity index (χ3n) is 8.62. The quantitative estimate of drug-likeness (QED) is 0.105.